The van der Waals surface area contributed by atoms with Crippen LogP contribution in [0, 0.1) is 0 Å². The monoisotopic (exact) mass is 305 g/mol. The van der Waals surface area contributed by atoms with Crippen molar-refractivity contribution in [3.63, 3.8) is 0 Å². The lowest BCUT2D eigenvalue weighted by Crippen LogP contribution is -2.40. The topological polar surface area (TPSA) is 62.3 Å². The van der Waals surface area contributed by atoms with E-state index >= 15 is 0 Å². The van der Waals surface area contributed by atoms with Crippen LogP contribution in [0.3, 0.4) is 0 Å². The Balaban J connectivity index is 1.45. The molecule has 1 aromatic rings. The Kier molecular flexibility index (Phi) is 3.21. The number of hydrogen-bond donors (Lipinski definition) is 1. The number of nitrogens with zero attached hydrogens (tertiary/aromatic N) is 2. The predicted molar refractivity (Wildman–Crippen MR) is 80.2 cm³/mol. The summed E-state index contributed by atoms with van der Waals surface area (Å²) in [5.74, 6) is 0.533. The SMILES string of the molecule is O=C1CC(Nc2nc(C3CC3)cs2)C(=O)N1C1CCCC1. The predicted octanol–water partition coefficient (Wildman–Crippen LogP) is 2.50. The largest absolute Gasteiger partial charge is 0.349 e. The molecule has 2 amide bonds. The molecule has 0 spiro atoms. The van der Waals surface area contributed by atoms with Gasteiger partial charge in [0.1, 0.15) is 6.04 Å². The molecular weight excluding hydrogens is 286 g/mol. The van der Waals surface area contributed by atoms with Gasteiger partial charge >= 0.3 is 0 Å². The average Bonchev–Trinajstić information content (AvgIpc) is 2.87. The van der Waals surface area contributed by atoms with E-state index in [1.54, 1.807) is 0 Å². The van der Waals surface area contributed by atoms with Crippen LogP contribution in [0.5, 0.6) is 0 Å². The Morgan fingerprint density at radius 2 is 1.95 bits per heavy atom. The Bertz CT molecular complexity index is 575. The summed E-state index contributed by atoms with van der Waals surface area (Å²) >= 11 is 1.54. The van der Waals surface area contributed by atoms with E-state index in [0.29, 0.717) is 5.92 Å². The van der Waals surface area contributed by atoms with Gasteiger partial charge in [0, 0.05) is 17.3 Å². The minimum atomic E-state index is -0.420. The Hall–Kier alpha value is -1.43. The highest BCUT2D eigenvalue weighted by Crippen LogP contribution is 2.41. The van der Waals surface area contributed by atoms with E-state index in [-0.39, 0.29) is 24.3 Å². The lowest BCUT2D eigenvalue weighted by atomic mass is 10.2. The zero-order valence-electron chi connectivity index (χ0n) is 11.9. The average molecular weight is 305 g/mol. The zero-order chi connectivity index (χ0) is 14.4. The molecule has 5 nitrogen and oxygen atoms in total. The molecule has 2 aliphatic carbocycles. The molecule has 1 aliphatic heterocycles. The van der Waals surface area contributed by atoms with Crippen molar-refractivity contribution in [2.75, 3.05) is 5.32 Å². The van der Waals surface area contributed by atoms with Crippen LogP contribution in [-0.2, 0) is 9.59 Å². The first-order valence-corrected chi connectivity index (χ1v) is 8.68. The lowest BCUT2D eigenvalue weighted by molar-refractivity contribution is -0.141. The maximum absolute atomic E-state index is 12.5. The second kappa shape index (κ2) is 5.09. The molecule has 1 aromatic heterocycles. The molecule has 21 heavy (non-hydrogen) atoms. The molecule has 0 bridgehead atoms. The smallest absolute Gasteiger partial charge is 0.252 e. The molecule has 2 saturated carbocycles. The number of thiazole rings is 1. The van der Waals surface area contributed by atoms with Crippen LogP contribution in [0.1, 0.15) is 56.6 Å². The minimum absolute atomic E-state index is 0.0247. The molecular formula is C15H19N3O2S. The van der Waals surface area contributed by atoms with Crippen molar-refractivity contribution < 1.29 is 9.59 Å². The summed E-state index contributed by atoms with van der Waals surface area (Å²) in [4.78, 5) is 30.7. The van der Waals surface area contributed by atoms with Crippen molar-refractivity contribution in [3.8, 4) is 0 Å². The highest BCUT2D eigenvalue weighted by atomic mass is 32.1. The molecule has 3 aliphatic rings. The summed E-state index contributed by atoms with van der Waals surface area (Å²) in [6, 6.07) is -0.286. The summed E-state index contributed by atoms with van der Waals surface area (Å²) in [5, 5.41) is 6.01. The van der Waals surface area contributed by atoms with Crippen LogP contribution in [0.2, 0.25) is 0 Å². The second-order valence-corrected chi connectivity index (χ2v) is 7.15. The number of hydrogen-bond acceptors (Lipinski definition) is 5. The maximum atomic E-state index is 12.5. The molecule has 1 atom stereocenters. The number of nitrogens with one attached hydrogen (secondary N) is 1. The first kappa shape index (κ1) is 13.2. The highest BCUT2D eigenvalue weighted by molar-refractivity contribution is 7.13. The summed E-state index contributed by atoms with van der Waals surface area (Å²) in [5.41, 5.74) is 1.13. The number of aromatic nitrogens is 1. The molecule has 1 unspecified atom stereocenters. The van der Waals surface area contributed by atoms with E-state index in [4.69, 9.17) is 0 Å². The van der Waals surface area contributed by atoms with Crippen LogP contribution < -0.4 is 5.32 Å². The number of carbonyl (C=O) groups excluding carboxylic acids is 2. The standard InChI is InChI=1S/C15H19N3O2S/c19-13-7-11(14(20)18(13)10-3-1-2-4-10)16-15-17-12(8-21-15)9-5-6-9/h8-11H,1-7H2,(H,16,17). The quantitative estimate of drug-likeness (QED) is 0.868. The molecule has 112 valence electrons. The summed E-state index contributed by atoms with van der Waals surface area (Å²) in [6.45, 7) is 0. The van der Waals surface area contributed by atoms with Gasteiger partial charge < -0.3 is 5.32 Å². The van der Waals surface area contributed by atoms with Crippen LogP contribution in [0.25, 0.3) is 0 Å². The normalized spacial score (nSPS) is 26.9. The van der Waals surface area contributed by atoms with E-state index in [0.717, 1.165) is 36.5 Å². The van der Waals surface area contributed by atoms with Crippen molar-refractivity contribution in [1.82, 2.24) is 9.88 Å². The molecule has 3 fully saturated rings. The van der Waals surface area contributed by atoms with E-state index in [1.807, 2.05) is 0 Å². The van der Waals surface area contributed by atoms with Crippen molar-refractivity contribution in [2.24, 2.45) is 0 Å². The van der Waals surface area contributed by atoms with Crippen molar-refractivity contribution in [1.29, 1.82) is 0 Å². The van der Waals surface area contributed by atoms with E-state index in [1.165, 1.54) is 29.1 Å². The first-order valence-electron chi connectivity index (χ1n) is 7.80. The second-order valence-electron chi connectivity index (χ2n) is 6.29. The van der Waals surface area contributed by atoms with Crippen LogP contribution in [-0.4, -0.2) is 33.8 Å². The van der Waals surface area contributed by atoms with Gasteiger partial charge in [0.15, 0.2) is 5.13 Å². The van der Waals surface area contributed by atoms with Gasteiger partial charge in [0.2, 0.25) is 5.91 Å². The van der Waals surface area contributed by atoms with Gasteiger partial charge in [0.05, 0.1) is 12.1 Å². The molecule has 2 heterocycles. The molecule has 0 aromatic carbocycles. The molecule has 6 heteroatoms. The lowest BCUT2D eigenvalue weighted by Gasteiger charge is -2.22. The number of carbonyl (C=O) groups is 2. The summed E-state index contributed by atoms with van der Waals surface area (Å²) < 4.78 is 0. The number of imide groups is 1. The third kappa shape index (κ3) is 2.46. The van der Waals surface area contributed by atoms with Gasteiger partial charge in [-0.15, -0.1) is 11.3 Å². The Morgan fingerprint density at radius 1 is 1.19 bits per heavy atom. The number of rotatable bonds is 4. The molecule has 4 rings (SSSR count). The first-order chi connectivity index (χ1) is 10.2. The van der Waals surface area contributed by atoms with Gasteiger partial charge in [-0.05, 0) is 25.7 Å². The molecule has 0 radical (unpaired) electrons. The molecule has 1 N–H and O–H groups in total. The van der Waals surface area contributed by atoms with Crippen LogP contribution in [0.15, 0.2) is 5.38 Å². The fourth-order valence-electron chi connectivity index (χ4n) is 3.38. The van der Waals surface area contributed by atoms with Crippen LogP contribution >= 0.6 is 11.3 Å². The third-order valence-corrected chi connectivity index (χ3v) is 5.48. The van der Waals surface area contributed by atoms with E-state index in [9.17, 15) is 9.59 Å². The summed E-state index contributed by atoms with van der Waals surface area (Å²) in [7, 11) is 0. The molecule has 1 saturated heterocycles. The fraction of sp³-hybridized carbons (Fsp3) is 0.667. The third-order valence-electron chi connectivity index (χ3n) is 4.69. The van der Waals surface area contributed by atoms with Gasteiger partial charge in [-0.2, -0.15) is 0 Å². The zero-order valence-corrected chi connectivity index (χ0v) is 12.7. The van der Waals surface area contributed by atoms with Crippen LogP contribution in [0.4, 0.5) is 5.13 Å². The number of likely N-dealkylation sites (tertiary alicyclic amines) is 1. The Morgan fingerprint density at radius 3 is 2.67 bits per heavy atom. The number of amides is 2. The van der Waals surface area contributed by atoms with Gasteiger partial charge in [0.25, 0.3) is 5.91 Å². The van der Waals surface area contributed by atoms with Crippen molar-refractivity contribution in [3.05, 3.63) is 11.1 Å². The van der Waals surface area contributed by atoms with E-state index < -0.39 is 6.04 Å². The van der Waals surface area contributed by atoms with E-state index in [2.05, 4.69) is 15.7 Å². The fourth-order valence-corrected chi connectivity index (χ4v) is 4.22. The van der Waals surface area contributed by atoms with Gasteiger partial charge in [-0.25, -0.2) is 4.98 Å². The highest BCUT2D eigenvalue weighted by Gasteiger charge is 2.43. The minimum Gasteiger partial charge on any atom is -0.349 e. The number of anilines is 1. The van der Waals surface area contributed by atoms with Gasteiger partial charge in [-0.3, -0.25) is 14.5 Å². The summed E-state index contributed by atoms with van der Waals surface area (Å²) in [6.07, 6.45) is 6.89. The van der Waals surface area contributed by atoms with Crippen molar-refractivity contribution >= 4 is 28.3 Å². The maximum Gasteiger partial charge on any atom is 0.252 e. The van der Waals surface area contributed by atoms with Gasteiger partial charge in [-0.1, -0.05) is 12.8 Å². The van der Waals surface area contributed by atoms with Crippen molar-refractivity contribution in [2.45, 2.75) is 62.9 Å². The Labute approximate surface area is 127 Å².